The Hall–Kier alpha value is -0.415. The minimum atomic E-state index is -0.414. The molecule has 0 amide bonds. The first-order chi connectivity index (χ1) is 5.15. The molecule has 62 valence electrons. The van der Waals surface area contributed by atoms with Crippen molar-refractivity contribution >= 4 is 7.05 Å². The Morgan fingerprint density at radius 2 is 2.36 bits per heavy atom. The molecule has 0 saturated carbocycles. The number of rotatable bonds is 2. The van der Waals surface area contributed by atoms with Gasteiger partial charge in [0.25, 0.3) is 0 Å². The Morgan fingerprint density at radius 1 is 1.73 bits per heavy atom. The van der Waals surface area contributed by atoms with Crippen molar-refractivity contribution < 1.29 is 10.1 Å². The lowest BCUT2D eigenvalue weighted by atomic mass is 9.84. The molecule has 1 fully saturated rings. The number of hydrogen-bond donors (Lipinski definition) is 2. The van der Waals surface area contributed by atoms with Crippen LogP contribution in [0.3, 0.4) is 0 Å². The maximum atomic E-state index is 9.25. The van der Waals surface area contributed by atoms with Gasteiger partial charge < -0.3 is 20.5 Å². The monoisotopic (exact) mass is 155 g/mol. The van der Waals surface area contributed by atoms with Crippen molar-refractivity contribution in [3.05, 3.63) is 5.53 Å². The molecule has 0 aromatic rings. The first kappa shape index (κ1) is 8.68. The zero-order valence-corrected chi connectivity index (χ0v) is 6.99. The van der Waals surface area contributed by atoms with E-state index in [1.165, 1.54) is 0 Å². The molecular weight excluding hydrogens is 141 g/mol. The van der Waals surface area contributed by atoms with E-state index >= 15 is 0 Å². The summed E-state index contributed by atoms with van der Waals surface area (Å²) in [5, 5.41) is 11.5. The van der Waals surface area contributed by atoms with Crippen LogP contribution in [0.5, 0.6) is 0 Å². The summed E-state index contributed by atoms with van der Waals surface area (Å²) in [5.74, 6) is 0. The summed E-state index contributed by atoms with van der Waals surface area (Å²) >= 11 is 0. The van der Waals surface area contributed by atoms with E-state index in [4.69, 9.17) is 5.53 Å². The molecule has 1 heterocycles. The third-order valence-electron chi connectivity index (χ3n) is 2.29. The van der Waals surface area contributed by atoms with Gasteiger partial charge in [0, 0.05) is 12.5 Å². The van der Waals surface area contributed by atoms with Crippen molar-refractivity contribution in [2.45, 2.75) is 32.3 Å². The normalized spacial score (nSPS) is 32.3. The van der Waals surface area contributed by atoms with Crippen molar-refractivity contribution in [3.63, 3.8) is 0 Å². The Kier molecular flexibility index (Phi) is 2.62. The molecule has 4 nitrogen and oxygen atoms in total. The van der Waals surface area contributed by atoms with E-state index in [0.29, 0.717) is 6.04 Å². The fraction of sp³-hybridized carbons (Fsp3) is 1.00. The maximum absolute atomic E-state index is 9.25. The molecule has 0 bridgehead atoms. The van der Waals surface area contributed by atoms with Crippen molar-refractivity contribution in [1.82, 2.24) is 4.81 Å². The van der Waals surface area contributed by atoms with Crippen LogP contribution in [0.2, 0.25) is 6.82 Å². The SMILES string of the molecule is CB(O)N1C[C@H]([NH+]=[N-])C[C@@H]1C. The van der Waals surface area contributed by atoms with Crippen LogP contribution >= 0.6 is 0 Å². The second kappa shape index (κ2) is 3.32. The van der Waals surface area contributed by atoms with Crippen LogP contribution in [-0.2, 0) is 0 Å². The first-order valence-electron chi connectivity index (χ1n) is 3.98. The van der Waals surface area contributed by atoms with Crippen LogP contribution in [0.1, 0.15) is 13.3 Å². The quantitative estimate of drug-likeness (QED) is 0.383. The Balaban J connectivity index is 2.51. The van der Waals surface area contributed by atoms with Crippen LogP contribution in [0.4, 0.5) is 0 Å². The van der Waals surface area contributed by atoms with Crippen LogP contribution < -0.4 is 5.11 Å². The van der Waals surface area contributed by atoms with E-state index in [0.717, 1.165) is 13.0 Å². The van der Waals surface area contributed by atoms with Gasteiger partial charge in [-0.15, -0.1) is 0 Å². The van der Waals surface area contributed by atoms with Gasteiger partial charge in [0.05, 0.1) is 6.54 Å². The molecule has 1 aliphatic rings. The van der Waals surface area contributed by atoms with Crippen LogP contribution in [0.15, 0.2) is 0 Å². The van der Waals surface area contributed by atoms with Gasteiger partial charge in [-0.05, 0) is 6.82 Å². The maximum Gasteiger partial charge on any atom is 0.376 e. The summed E-state index contributed by atoms with van der Waals surface area (Å²) in [6.07, 6.45) is 0.890. The molecule has 2 N–H and O–H groups in total. The number of nitrogens with zero attached hydrogens (tertiary/aromatic N) is 2. The zero-order chi connectivity index (χ0) is 8.43. The first-order valence-corrected chi connectivity index (χ1v) is 3.98. The van der Waals surface area contributed by atoms with E-state index in [9.17, 15) is 5.02 Å². The largest absolute Gasteiger partial charge is 0.508 e. The summed E-state index contributed by atoms with van der Waals surface area (Å²) in [5.41, 5.74) is 8.63. The van der Waals surface area contributed by atoms with Gasteiger partial charge in [0.1, 0.15) is 0 Å². The summed E-state index contributed by atoms with van der Waals surface area (Å²) in [6, 6.07) is 0.458. The molecule has 0 unspecified atom stereocenters. The molecule has 2 atom stereocenters. The second-order valence-corrected chi connectivity index (χ2v) is 3.24. The van der Waals surface area contributed by atoms with Gasteiger partial charge in [0.2, 0.25) is 0 Å². The highest BCUT2D eigenvalue weighted by atomic mass is 16.2. The highest BCUT2D eigenvalue weighted by molar-refractivity contribution is 6.45. The standard InChI is InChI=1S/C6H14BN3O/c1-5-3-6(9-8)4-10(5)7(2)11/h5-6,9,11H,3-4H2,1-2H3/t5-,6+/m0/s1. The summed E-state index contributed by atoms with van der Waals surface area (Å²) < 4.78 is 0. The lowest BCUT2D eigenvalue weighted by Crippen LogP contribution is -2.72. The predicted molar refractivity (Wildman–Crippen MR) is 42.7 cm³/mol. The lowest BCUT2D eigenvalue weighted by Gasteiger charge is -2.19. The minimum absolute atomic E-state index is 0.111. The van der Waals surface area contributed by atoms with E-state index in [-0.39, 0.29) is 6.04 Å². The Labute approximate surface area is 67.2 Å². The molecule has 0 aliphatic carbocycles. The van der Waals surface area contributed by atoms with E-state index in [1.54, 1.807) is 6.82 Å². The zero-order valence-electron chi connectivity index (χ0n) is 6.99. The highest BCUT2D eigenvalue weighted by Gasteiger charge is 2.34. The van der Waals surface area contributed by atoms with Crippen molar-refractivity contribution in [2.75, 3.05) is 6.54 Å². The average Bonchev–Trinajstić information content (AvgIpc) is 2.30. The molecule has 1 aliphatic heterocycles. The van der Waals surface area contributed by atoms with Crippen molar-refractivity contribution in [2.24, 2.45) is 0 Å². The second-order valence-electron chi connectivity index (χ2n) is 3.24. The van der Waals surface area contributed by atoms with E-state index in [2.05, 4.69) is 5.11 Å². The predicted octanol–water partition coefficient (Wildman–Crippen LogP) is -1.34. The Bertz CT molecular complexity index is 153. The van der Waals surface area contributed by atoms with Crippen molar-refractivity contribution in [1.29, 1.82) is 0 Å². The minimum Gasteiger partial charge on any atom is -0.508 e. The fourth-order valence-corrected chi connectivity index (χ4v) is 1.67. The smallest absolute Gasteiger partial charge is 0.376 e. The highest BCUT2D eigenvalue weighted by Crippen LogP contribution is 2.15. The van der Waals surface area contributed by atoms with Gasteiger partial charge in [-0.2, -0.15) is 0 Å². The van der Waals surface area contributed by atoms with E-state index in [1.807, 2.05) is 11.7 Å². The van der Waals surface area contributed by atoms with Gasteiger partial charge in [-0.25, -0.2) is 0 Å². The summed E-state index contributed by atoms with van der Waals surface area (Å²) in [4.78, 5) is 1.95. The molecule has 0 radical (unpaired) electrons. The van der Waals surface area contributed by atoms with Crippen molar-refractivity contribution in [3.8, 4) is 0 Å². The van der Waals surface area contributed by atoms with Gasteiger partial charge in [-0.3, -0.25) is 0 Å². The lowest BCUT2D eigenvalue weighted by molar-refractivity contribution is -0.520. The summed E-state index contributed by atoms with van der Waals surface area (Å²) in [7, 11) is -0.414. The molecule has 1 rings (SSSR count). The molecular formula is C6H14BN3O. The number of nitrogens with one attached hydrogen (secondary N) is 1. The molecule has 0 aromatic heterocycles. The third kappa shape index (κ3) is 1.78. The Morgan fingerprint density at radius 3 is 2.64 bits per heavy atom. The van der Waals surface area contributed by atoms with Gasteiger partial charge >= 0.3 is 7.05 Å². The topological polar surface area (TPSA) is 59.7 Å². The van der Waals surface area contributed by atoms with Crippen LogP contribution in [0, 0.1) is 0 Å². The van der Waals surface area contributed by atoms with Gasteiger partial charge in [0.15, 0.2) is 6.04 Å². The average molecular weight is 155 g/mol. The molecule has 11 heavy (non-hydrogen) atoms. The van der Waals surface area contributed by atoms with Crippen LogP contribution in [-0.4, -0.2) is 35.5 Å². The van der Waals surface area contributed by atoms with Crippen LogP contribution in [0.25, 0.3) is 5.53 Å². The van der Waals surface area contributed by atoms with E-state index < -0.39 is 7.05 Å². The summed E-state index contributed by atoms with van der Waals surface area (Å²) in [6.45, 7) is 4.51. The molecule has 5 heteroatoms. The number of hydrogen-bond acceptors (Lipinski definition) is 2. The molecule has 1 saturated heterocycles. The fourth-order valence-electron chi connectivity index (χ4n) is 1.67. The molecule has 0 aromatic carbocycles. The van der Waals surface area contributed by atoms with Gasteiger partial charge in [-0.1, -0.05) is 6.92 Å². The third-order valence-corrected chi connectivity index (χ3v) is 2.29. The molecule has 0 spiro atoms.